The minimum absolute atomic E-state index is 0.282. The zero-order chi connectivity index (χ0) is 14.5. The Hall–Kier alpha value is -1.00. The van der Waals surface area contributed by atoms with E-state index in [-0.39, 0.29) is 5.91 Å². The van der Waals surface area contributed by atoms with Gasteiger partial charge in [-0.2, -0.15) is 0 Å². The van der Waals surface area contributed by atoms with Crippen molar-refractivity contribution >= 4 is 17.7 Å². The van der Waals surface area contributed by atoms with Crippen LogP contribution in [0.2, 0.25) is 0 Å². The lowest BCUT2D eigenvalue weighted by molar-refractivity contribution is -0.123. The van der Waals surface area contributed by atoms with Gasteiger partial charge in [0.15, 0.2) is 0 Å². The first kappa shape index (κ1) is 16.1. The molecule has 1 aromatic carbocycles. The molecule has 1 rings (SSSR count). The number of hydrogen-bond donors (Lipinski definition) is 2. The Balaban J connectivity index is 2.59. The van der Waals surface area contributed by atoms with Gasteiger partial charge < -0.3 is 11.1 Å². The predicted octanol–water partition coefficient (Wildman–Crippen LogP) is 2.64. The van der Waals surface area contributed by atoms with Gasteiger partial charge in [-0.25, -0.2) is 0 Å². The molecule has 0 bridgehead atoms. The lowest BCUT2D eigenvalue weighted by atomic mass is 9.98. The Morgan fingerprint density at radius 3 is 2.63 bits per heavy atom. The fraction of sp³-hybridized carbons (Fsp3) is 0.533. The molecule has 0 spiro atoms. The minimum atomic E-state index is -0.611. The molecule has 0 aromatic heterocycles. The average molecular weight is 280 g/mol. The summed E-state index contributed by atoms with van der Waals surface area (Å²) in [6.07, 6.45) is 0.730. The molecule has 0 aliphatic carbocycles. The Kier molecular flexibility index (Phi) is 5.88. The number of thioether (sulfide) groups is 1. The van der Waals surface area contributed by atoms with Gasteiger partial charge in [0.05, 0.1) is 5.54 Å². The van der Waals surface area contributed by atoms with Gasteiger partial charge in [-0.05, 0) is 45.4 Å². The molecule has 0 aliphatic rings. The van der Waals surface area contributed by atoms with Crippen molar-refractivity contribution in [3.63, 3.8) is 0 Å². The third-order valence-electron chi connectivity index (χ3n) is 3.30. The predicted molar refractivity (Wildman–Crippen MR) is 82.5 cm³/mol. The SMILES string of the molecule is CCNC(C)(CCSc1ccc(C)cc1C)C(N)=O. The average Bonchev–Trinajstić information content (AvgIpc) is 2.32. The highest BCUT2D eigenvalue weighted by molar-refractivity contribution is 7.99. The van der Waals surface area contributed by atoms with E-state index in [0.717, 1.165) is 18.7 Å². The Morgan fingerprint density at radius 2 is 2.11 bits per heavy atom. The van der Waals surface area contributed by atoms with Gasteiger partial charge in [0.25, 0.3) is 0 Å². The van der Waals surface area contributed by atoms with Gasteiger partial charge in [0.1, 0.15) is 0 Å². The maximum Gasteiger partial charge on any atom is 0.237 e. The molecule has 0 heterocycles. The van der Waals surface area contributed by atoms with E-state index in [1.54, 1.807) is 11.8 Å². The Labute approximate surface area is 120 Å². The summed E-state index contributed by atoms with van der Waals surface area (Å²) in [4.78, 5) is 12.8. The van der Waals surface area contributed by atoms with Crippen molar-refractivity contribution < 1.29 is 4.79 Å². The maximum absolute atomic E-state index is 11.5. The van der Waals surface area contributed by atoms with Crippen LogP contribution >= 0.6 is 11.8 Å². The van der Waals surface area contributed by atoms with Gasteiger partial charge in [0, 0.05) is 10.6 Å². The zero-order valence-electron chi connectivity index (χ0n) is 12.2. The number of benzene rings is 1. The third-order valence-corrected chi connectivity index (χ3v) is 4.48. The fourth-order valence-corrected chi connectivity index (χ4v) is 3.20. The summed E-state index contributed by atoms with van der Waals surface area (Å²) >= 11 is 1.78. The Bertz CT molecular complexity index is 448. The number of carbonyl (C=O) groups excluding carboxylic acids is 1. The van der Waals surface area contributed by atoms with Crippen molar-refractivity contribution in [2.24, 2.45) is 5.73 Å². The molecule has 3 nitrogen and oxygen atoms in total. The zero-order valence-corrected chi connectivity index (χ0v) is 13.1. The van der Waals surface area contributed by atoms with Crippen LogP contribution in [0.25, 0.3) is 0 Å². The topological polar surface area (TPSA) is 55.1 Å². The summed E-state index contributed by atoms with van der Waals surface area (Å²) in [5, 5.41) is 3.18. The van der Waals surface area contributed by atoms with Crippen LogP contribution in [0, 0.1) is 13.8 Å². The molecule has 1 aromatic rings. The van der Waals surface area contributed by atoms with E-state index in [0.29, 0.717) is 0 Å². The second-order valence-corrected chi connectivity index (χ2v) is 6.23. The smallest absolute Gasteiger partial charge is 0.237 e. The number of primary amides is 1. The fourth-order valence-electron chi connectivity index (χ4n) is 2.02. The van der Waals surface area contributed by atoms with Crippen molar-refractivity contribution in [2.75, 3.05) is 12.3 Å². The first-order valence-corrected chi connectivity index (χ1v) is 7.62. The molecular weight excluding hydrogens is 256 g/mol. The summed E-state index contributed by atoms with van der Waals surface area (Å²) in [5.74, 6) is 0.589. The minimum Gasteiger partial charge on any atom is -0.368 e. The van der Waals surface area contributed by atoms with Gasteiger partial charge in [-0.15, -0.1) is 11.8 Å². The van der Waals surface area contributed by atoms with E-state index in [4.69, 9.17) is 5.73 Å². The largest absolute Gasteiger partial charge is 0.368 e. The van der Waals surface area contributed by atoms with E-state index in [2.05, 4.69) is 37.4 Å². The van der Waals surface area contributed by atoms with Crippen molar-refractivity contribution in [1.29, 1.82) is 0 Å². The van der Waals surface area contributed by atoms with Crippen LogP contribution in [0.5, 0.6) is 0 Å². The lowest BCUT2D eigenvalue weighted by Crippen LogP contribution is -2.53. The summed E-state index contributed by atoms with van der Waals surface area (Å²) < 4.78 is 0. The van der Waals surface area contributed by atoms with Gasteiger partial charge >= 0.3 is 0 Å². The summed E-state index contributed by atoms with van der Waals surface area (Å²) in [5.41, 5.74) is 7.43. The molecule has 1 amide bonds. The second kappa shape index (κ2) is 6.96. The third kappa shape index (κ3) is 4.55. The quantitative estimate of drug-likeness (QED) is 0.755. The molecule has 0 aliphatic heterocycles. The van der Waals surface area contributed by atoms with Crippen LogP contribution < -0.4 is 11.1 Å². The summed E-state index contributed by atoms with van der Waals surface area (Å²) in [6.45, 7) is 8.82. The standard InChI is InChI=1S/C15H24N2OS/c1-5-17-15(4,14(16)18)8-9-19-13-7-6-11(2)10-12(13)3/h6-7,10,17H,5,8-9H2,1-4H3,(H2,16,18). The highest BCUT2D eigenvalue weighted by atomic mass is 32.2. The van der Waals surface area contributed by atoms with E-state index in [1.807, 2.05) is 13.8 Å². The monoisotopic (exact) mass is 280 g/mol. The molecule has 4 heteroatoms. The van der Waals surface area contributed by atoms with E-state index >= 15 is 0 Å². The highest BCUT2D eigenvalue weighted by Gasteiger charge is 2.29. The van der Waals surface area contributed by atoms with Gasteiger partial charge in [-0.3, -0.25) is 4.79 Å². The molecule has 0 saturated carbocycles. The molecule has 3 N–H and O–H groups in total. The first-order valence-electron chi connectivity index (χ1n) is 6.64. The maximum atomic E-state index is 11.5. The number of carbonyl (C=O) groups is 1. The normalized spacial score (nSPS) is 14.1. The van der Waals surface area contributed by atoms with Crippen molar-refractivity contribution in [3.8, 4) is 0 Å². The number of rotatable bonds is 7. The number of hydrogen-bond acceptors (Lipinski definition) is 3. The van der Waals surface area contributed by atoms with Crippen molar-refractivity contribution in [3.05, 3.63) is 29.3 Å². The van der Waals surface area contributed by atoms with E-state index in [1.165, 1.54) is 16.0 Å². The number of nitrogens with one attached hydrogen (secondary N) is 1. The van der Waals surface area contributed by atoms with Gasteiger partial charge in [0.2, 0.25) is 5.91 Å². The number of amides is 1. The second-order valence-electron chi connectivity index (χ2n) is 5.09. The molecule has 19 heavy (non-hydrogen) atoms. The Morgan fingerprint density at radius 1 is 1.42 bits per heavy atom. The summed E-state index contributed by atoms with van der Waals surface area (Å²) in [7, 11) is 0. The van der Waals surface area contributed by atoms with Gasteiger partial charge in [-0.1, -0.05) is 24.6 Å². The van der Waals surface area contributed by atoms with Crippen LogP contribution in [-0.2, 0) is 4.79 Å². The molecular formula is C15H24N2OS. The van der Waals surface area contributed by atoms with Crippen LogP contribution in [-0.4, -0.2) is 23.7 Å². The van der Waals surface area contributed by atoms with E-state index < -0.39 is 5.54 Å². The van der Waals surface area contributed by atoms with Crippen LogP contribution in [0.1, 0.15) is 31.4 Å². The van der Waals surface area contributed by atoms with Crippen LogP contribution in [0.4, 0.5) is 0 Å². The van der Waals surface area contributed by atoms with Crippen molar-refractivity contribution in [1.82, 2.24) is 5.32 Å². The lowest BCUT2D eigenvalue weighted by Gasteiger charge is -2.26. The van der Waals surface area contributed by atoms with Crippen molar-refractivity contribution in [2.45, 2.75) is 44.6 Å². The highest BCUT2D eigenvalue weighted by Crippen LogP contribution is 2.25. The van der Waals surface area contributed by atoms with Crippen LogP contribution in [0.3, 0.4) is 0 Å². The molecule has 1 unspecified atom stereocenters. The summed E-state index contributed by atoms with van der Waals surface area (Å²) in [6, 6.07) is 6.44. The molecule has 0 radical (unpaired) electrons. The first-order chi connectivity index (χ1) is 8.89. The number of aryl methyl sites for hydroxylation is 2. The molecule has 1 atom stereocenters. The van der Waals surface area contributed by atoms with Crippen LogP contribution in [0.15, 0.2) is 23.1 Å². The number of nitrogens with two attached hydrogens (primary N) is 1. The molecule has 0 fully saturated rings. The van der Waals surface area contributed by atoms with E-state index in [9.17, 15) is 4.79 Å². The number of likely N-dealkylation sites (N-methyl/N-ethyl adjacent to an activating group) is 1. The molecule has 106 valence electrons. The molecule has 0 saturated heterocycles.